The Kier molecular flexibility index (Phi) is 5.02. The van der Waals surface area contributed by atoms with E-state index in [0.717, 1.165) is 11.4 Å². The van der Waals surface area contributed by atoms with Crippen LogP contribution in [0.15, 0.2) is 24.3 Å². The highest BCUT2D eigenvalue weighted by Gasteiger charge is 2.21. The van der Waals surface area contributed by atoms with Crippen LogP contribution in [0.5, 0.6) is 5.75 Å². The summed E-state index contributed by atoms with van der Waals surface area (Å²) in [6.07, 6.45) is 5.14. The SMILES string of the molecule is COc1cccc(NC(=S)N[C@H]2CCCC[C@H]2C)c1. The van der Waals surface area contributed by atoms with E-state index in [1.54, 1.807) is 7.11 Å². The van der Waals surface area contributed by atoms with Crippen LogP contribution in [-0.2, 0) is 0 Å². The van der Waals surface area contributed by atoms with Gasteiger partial charge in [-0.2, -0.15) is 0 Å². The predicted molar refractivity (Wildman–Crippen MR) is 83.8 cm³/mol. The smallest absolute Gasteiger partial charge is 0.171 e. The summed E-state index contributed by atoms with van der Waals surface area (Å²) in [5, 5.41) is 7.36. The average Bonchev–Trinajstić information content (AvgIpc) is 2.41. The lowest BCUT2D eigenvalue weighted by Crippen LogP contribution is -2.43. The average molecular weight is 278 g/mol. The Morgan fingerprint density at radius 2 is 2.11 bits per heavy atom. The highest BCUT2D eigenvalue weighted by atomic mass is 32.1. The van der Waals surface area contributed by atoms with Gasteiger partial charge >= 0.3 is 0 Å². The highest BCUT2D eigenvalue weighted by molar-refractivity contribution is 7.80. The monoisotopic (exact) mass is 278 g/mol. The second-order valence-corrected chi connectivity index (χ2v) is 5.61. The third-order valence-electron chi connectivity index (χ3n) is 3.76. The van der Waals surface area contributed by atoms with E-state index in [4.69, 9.17) is 17.0 Å². The molecule has 1 aliphatic carbocycles. The first-order valence-electron chi connectivity index (χ1n) is 6.90. The Bertz CT molecular complexity index is 436. The zero-order valence-corrected chi connectivity index (χ0v) is 12.4. The Morgan fingerprint density at radius 1 is 1.32 bits per heavy atom. The van der Waals surface area contributed by atoms with Crippen molar-refractivity contribution in [3.05, 3.63) is 24.3 Å². The molecule has 2 atom stereocenters. The summed E-state index contributed by atoms with van der Waals surface area (Å²) in [5.74, 6) is 1.53. The van der Waals surface area contributed by atoms with Gasteiger partial charge in [0.25, 0.3) is 0 Å². The van der Waals surface area contributed by atoms with Gasteiger partial charge in [-0.1, -0.05) is 25.8 Å². The summed E-state index contributed by atoms with van der Waals surface area (Å²) in [7, 11) is 1.67. The number of hydrogen-bond acceptors (Lipinski definition) is 2. The van der Waals surface area contributed by atoms with E-state index in [2.05, 4.69) is 17.6 Å². The first kappa shape index (κ1) is 14.1. The minimum atomic E-state index is 0.499. The van der Waals surface area contributed by atoms with Crippen molar-refractivity contribution in [2.75, 3.05) is 12.4 Å². The van der Waals surface area contributed by atoms with Crippen molar-refractivity contribution in [3.63, 3.8) is 0 Å². The Morgan fingerprint density at radius 3 is 2.84 bits per heavy atom. The van der Waals surface area contributed by atoms with Crippen molar-refractivity contribution >= 4 is 23.0 Å². The van der Waals surface area contributed by atoms with Gasteiger partial charge in [0, 0.05) is 17.8 Å². The van der Waals surface area contributed by atoms with Gasteiger partial charge in [-0.3, -0.25) is 0 Å². The van der Waals surface area contributed by atoms with Gasteiger partial charge in [-0.05, 0) is 43.1 Å². The van der Waals surface area contributed by atoms with Gasteiger partial charge in [0.1, 0.15) is 5.75 Å². The minimum Gasteiger partial charge on any atom is -0.497 e. The quantitative estimate of drug-likeness (QED) is 0.828. The van der Waals surface area contributed by atoms with Crippen LogP contribution in [0.1, 0.15) is 32.6 Å². The molecular formula is C15H22N2OS. The van der Waals surface area contributed by atoms with E-state index in [1.165, 1.54) is 25.7 Å². The highest BCUT2D eigenvalue weighted by Crippen LogP contribution is 2.24. The summed E-state index contributed by atoms with van der Waals surface area (Å²) >= 11 is 5.39. The number of ether oxygens (including phenoxy) is 1. The Balaban J connectivity index is 1.89. The van der Waals surface area contributed by atoms with Crippen molar-refractivity contribution in [3.8, 4) is 5.75 Å². The number of rotatable bonds is 3. The van der Waals surface area contributed by atoms with Crippen LogP contribution in [0.3, 0.4) is 0 Å². The van der Waals surface area contributed by atoms with Crippen LogP contribution in [0.2, 0.25) is 0 Å². The van der Waals surface area contributed by atoms with E-state index < -0.39 is 0 Å². The number of methoxy groups -OCH3 is 1. The molecule has 1 aromatic rings. The molecule has 0 saturated heterocycles. The van der Waals surface area contributed by atoms with E-state index in [9.17, 15) is 0 Å². The van der Waals surface area contributed by atoms with Crippen LogP contribution in [-0.4, -0.2) is 18.3 Å². The molecule has 0 amide bonds. The molecule has 0 aliphatic heterocycles. The molecular weight excluding hydrogens is 256 g/mol. The third-order valence-corrected chi connectivity index (χ3v) is 3.98. The minimum absolute atomic E-state index is 0.499. The molecule has 3 nitrogen and oxygen atoms in total. The molecule has 2 rings (SSSR count). The van der Waals surface area contributed by atoms with E-state index >= 15 is 0 Å². The largest absolute Gasteiger partial charge is 0.497 e. The topological polar surface area (TPSA) is 33.3 Å². The van der Waals surface area contributed by atoms with Crippen molar-refractivity contribution in [1.82, 2.24) is 5.32 Å². The molecule has 1 aromatic carbocycles. The van der Waals surface area contributed by atoms with Gasteiger partial charge in [0.2, 0.25) is 0 Å². The second-order valence-electron chi connectivity index (χ2n) is 5.20. The number of nitrogens with one attached hydrogen (secondary N) is 2. The maximum absolute atomic E-state index is 5.39. The maximum Gasteiger partial charge on any atom is 0.171 e. The molecule has 2 N–H and O–H groups in total. The molecule has 0 radical (unpaired) electrons. The molecule has 0 aromatic heterocycles. The molecule has 0 spiro atoms. The molecule has 1 saturated carbocycles. The zero-order chi connectivity index (χ0) is 13.7. The third kappa shape index (κ3) is 4.10. The van der Waals surface area contributed by atoms with Crippen molar-refractivity contribution in [2.45, 2.75) is 38.6 Å². The lowest BCUT2D eigenvalue weighted by atomic mass is 9.86. The van der Waals surface area contributed by atoms with E-state index in [1.807, 2.05) is 24.3 Å². The molecule has 4 heteroatoms. The molecule has 104 valence electrons. The fourth-order valence-corrected chi connectivity index (χ4v) is 2.84. The first-order valence-corrected chi connectivity index (χ1v) is 7.31. The Hall–Kier alpha value is -1.29. The number of hydrogen-bond donors (Lipinski definition) is 2. The number of anilines is 1. The van der Waals surface area contributed by atoms with Crippen LogP contribution in [0, 0.1) is 5.92 Å². The Labute approximate surface area is 120 Å². The fourth-order valence-electron chi connectivity index (χ4n) is 2.57. The first-order chi connectivity index (χ1) is 9.19. The molecule has 0 bridgehead atoms. The van der Waals surface area contributed by atoms with E-state index in [-0.39, 0.29) is 0 Å². The lowest BCUT2D eigenvalue weighted by Gasteiger charge is -2.30. The van der Waals surface area contributed by atoms with Gasteiger partial charge < -0.3 is 15.4 Å². The van der Waals surface area contributed by atoms with Crippen LogP contribution in [0.4, 0.5) is 5.69 Å². The van der Waals surface area contributed by atoms with Gasteiger partial charge in [-0.15, -0.1) is 0 Å². The van der Waals surface area contributed by atoms with Crippen molar-refractivity contribution in [2.24, 2.45) is 5.92 Å². The van der Waals surface area contributed by atoms with Gasteiger partial charge in [0.15, 0.2) is 5.11 Å². The molecule has 1 fully saturated rings. The summed E-state index contributed by atoms with van der Waals surface area (Å²) < 4.78 is 5.20. The zero-order valence-electron chi connectivity index (χ0n) is 11.6. The number of thiocarbonyl (C=S) groups is 1. The summed E-state index contributed by atoms with van der Waals surface area (Å²) in [6, 6.07) is 8.30. The van der Waals surface area contributed by atoms with Crippen molar-refractivity contribution < 1.29 is 4.74 Å². The molecule has 1 aliphatic rings. The van der Waals surface area contributed by atoms with Crippen LogP contribution in [0.25, 0.3) is 0 Å². The maximum atomic E-state index is 5.39. The second kappa shape index (κ2) is 6.75. The van der Waals surface area contributed by atoms with Gasteiger partial charge in [-0.25, -0.2) is 0 Å². The predicted octanol–water partition coefficient (Wildman–Crippen LogP) is 3.56. The molecule has 0 heterocycles. The van der Waals surface area contributed by atoms with Crippen LogP contribution >= 0.6 is 12.2 Å². The summed E-state index contributed by atoms with van der Waals surface area (Å²) in [4.78, 5) is 0. The standard InChI is InChI=1S/C15H22N2OS/c1-11-6-3-4-9-14(11)17-15(19)16-12-7-5-8-13(10-12)18-2/h5,7-8,10-11,14H,3-4,6,9H2,1-2H3,(H2,16,17,19)/t11-,14+/m1/s1. The fraction of sp³-hybridized carbons (Fsp3) is 0.533. The summed E-state index contributed by atoms with van der Waals surface area (Å²) in [5.41, 5.74) is 0.959. The van der Waals surface area contributed by atoms with Gasteiger partial charge in [0.05, 0.1) is 7.11 Å². The molecule has 19 heavy (non-hydrogen) atoms. The lowest BCUT2D eigenvalue weighted by molar-refractivity contribution is 0.309. The van der Waals surface area contributed by atoms with Crippen LogP contribution < -0.4 is 15.4 Å². The summed E-state index contributed by atoms with van der Waals surface area (Å²) in [6.45, 7) is 2.30. The molecule has 0 unspecified atom stereocenters. The normalized spacial score (nSPS) is 22.6. The van der Waals surface area contributed by atoms with E-state index in [0.29, 0.717) is 17.1 Å². The number of benzene rings is 1. The van der Waals surface area contributed by atoms with Crippen molar-refractivity contribution in [1.29, 1.82) is 0 Å².